The maximum absolute atomic E-state index is 12.7. The normalized spacial score (nSPS) is 17.0. The first kappa shape index (κ1) is 15.1. The van der Waals surface area contributed by atoms with Crippen LogP contribution in [0.5, 0.6) is 5.75 Å². The molecule has 0 fully saturated rings. The molecule has 0 spiro atoms. The zero-order chi connectivity index (χ0) is 16.2. The highest BCUT2D eigenvalue weighted by atomic mass is 16.5. The zero-order valence-electron chi connectivity index (χ0n) is 12.9. The van der Waals surface area contributed by atoms with E-state index in [0.717, 1.165) is 0 Å². The fraction of sp³-hybridized carbons (Fsp3) is 0.222. The summed E-state index contributed by atoms with van der Waals surface area (Å²) < 4.78 is 5.56. The summed E-state index contributed by atoms with van der Waals surface area (Å²) in [4.78, 5) is 26.2. The van der Waals surface area contributed by atoms with Gasteiger partial charge in [0.05, 0.1) is 11.4 Å². The van der Waals surface area contributed by atoms with Gasteiger partial charge in [0.25, 0.3) is 5.91 Å². The standard InChI is InChI=1S/C18H18N2O3/c1-13-11-17(21)19-15-9-5-6-10-16(15)20(13)18(22)12-23-14-7-3-2-4-8-14/h2-10,13H,11-12H2,1H3,(H,19,21)/t13-/m1/s1. The van der Waals surface area contributed by atoms with Crippen molar-refractivity contribution in [2.75, 3.05) is 16.8 Å². The van der Waals surface area contributed by atoms with Crippen molar-refractivity contribution in [1.82, 2.24) is 0 Å². The molecule has 1 aliphatic rings. The molecule has 3 rings (SSSR count). The molecule has 0 bridgehead atoms. The van der Waals surface area contributed by atoms with Gasteiger partial charge in [-0.3, -0.25) is 9.59 Å². The minimum absolute atomic E-state index is 0.0725. The van der Waals surface area contributed by atoms with Crippen LogP contribution in [0, 0.1) is 0 Å². The van der Waals surface area contributed by atoms with Crippen LogP contribution in [0.2, 0.25) is 0 Å². The minimum atomic E-state index is -0.231. The van der Waals surface area contributed by atoms with Crippen molar-refractivity contribution < 1.29 is 14.3 Å². The molecular formula is C18H18N2O3. The van der Waals surface area contributed by atoms with Crippen LogP contribution in [0.4, 0.5) is 11.4 Å². The van der Waals surface area contributed by atoms with E-state index in [1.165, 1.54) is 0 Å². The Morgan fingerprint density at radius 2 is 1.87 bits per heavy atom. The van der Waals surface area contributed by atoms with Crippen LogP contribution in [-0.4, -0.2) is 24.5 Å². The third-order valence-corrected chi connectivity index (χ3v) is 3.73. The number of carbonyl (C=O) groups is 2. The summed E-state index contributed by atoms with van der Waals surface area (Å²) in [5.74, 6) is 0.375. The number of anilines is 2. The molecule has 23 heavy (non-hydrogen) atoms. The number of amides is 2. The zero-order valence-corrected chi connectivity index (χ0v) is 12.9. The van der Waals surface area contributed by atoms with Crippen LogP contribution in [0.1, 0.15) is 13.3 Å². The molecule has 0 saturated heterocycles. The molecule has 1 heterocycles. The highest BCUT2D eigenvalue weighted by molar-refractivity contribution is 6.04. The number of nitrogens with zero attached hydrogens (tertiary/aromatic N) is 1. The van der Waals surface area contributed by atoms with Crippen LogP contribution in [0.15, 0.2) is 54.6 Å². The lowest BCUT2D eigenvalue weighted by molar-refractivity contribution is -0.121. The first-order valence-electron chi connectivity index (χ1n) is 7.54. The molecule has 0 radical (unpaired) electrons. The van der Waals surface area contributed by atoms with Gasteiger partial charge in [0.15, 0.2) is 6.61 Å². The maximum Gasteiger partial charge on any atom is 0.265 e. The van der Waals surface area contributed by atoms with E-state index in [2.05, 4.69) is 5.32 Å². The Morgan fingerprint density at radius 3 is 2.65 bits per heavy atom. The number of rotatable bonds is 3. The van der Waals surface area contributed by atoms with E-state index in [1.807, 2.05) is 43.3 Å². The Balaban J connectivity index is 1.82. The average Bonchev–Trinajstić information content (AvgIpc) is 2.68. The predicted octanol–water partition coefficient (Wildman–Crippen LogP) is 2.83. The van der Waals surface area contributed by atoms with E-state index in [-0.39, 0.29) is 30.9 Å². The number of benzene rings is 2. The SMILES string of the molecule is C[C@@H]1CC(=O)Nc2ccccc2N1C(=O)COc1ccccc1. The molecule has 1 aliphatic heterocycles. The number of hydrogen-bond acceptors (Lipinski definition) is 3. The lowest BCUT2D eigenvalue weighted by atomic mass is 10.1. The third kappa shape index (κ3) is 3.34. The van der Waals surface area contributed by atoms with E-state index in [9.17, 15) is 9.59 Å². The van der Waals surface area contributed by atoms with Crippen LogP contribution in [0.25, 0.3) is 0 Å². The van der Waals surface area contributed by atoms with Gasteiger partial charge in [-0.1, -0.05) is 30.3 Å². The maximum atomic E-state index is 12.7. The van der Waals surface area contributed by atoms with Gasteiger partial charge in [-0.05, 0) is 31.2 Å². The molecule has 0 unspecified atom stereocenters. The molecular weight excluding hydrogens is 292 g/mol. The lowest BCUT2D eigenvalue weighted by Gasteiger charge is -2.27. The van der Waals surface area contributed by atoms with Gasteiger partial charge in [0.2, 0.25) is 5.91 Å². The molecule has 2 amide bonds. The van der Waals surface area contributed by atoms with Crippen LogP contribution < -0.4 is 15.0 Å². The average molecular weight is 310 g/mol. The first-order valence-corrected chi connectivity index (χ1v) is 7.54. The second-order valence-electron chi connectivity index (χ2n) is 5.48. The highest BCUT2D eigenvalue weighted by Crippen LogP contribution is 2.31. The fourth-order valence-electron chi connectivity index (χ4n) is 2.70. The van der Waals surface area contributed by atoms with Crippen molar-refractivity contribution in [1.29, 1.82) is 0 Å². The Kier molecular flexibility index (Phi) is 4.28. The highest BCUT2D eigenvalue weighted by Gasteiger charge is 2.29. The largest absolute Gasteiger partial charge is 0.484 e. The van der Waals surface area contributed by atoms with Crippen molar-refractivity contribution in [2.24, 2.45) is 0 Å². The Morgan fingerprint density at radius 1 is 1.17 bits per heavy atom. The van der Waals surface area contributed by atoms with Crippen molar-refractivity contribution >= 4 is 23.2 Å². The summed E-state index contributed by atoms with van der Waals surface area (Å²) >= 11 is 0. The molecule has 0 aromatic heterocycles. The second-order valence-corrected chi connectivity index (χ2v) is 5.48. The molecule has 2 aromatic carbocycles. The Bertz CT molecular complexity index is 715. The number of para-hydroxylation sites is 3. The first-order chi connectivity index (χ1) is 11.1. The molecule has 1 N–H and O–H groups in total. The summed E-state index contributed by atoms with van der Waals surface area (Å²) in [5.41, 5.74) is 1.35. The van der Waals surface area contributed by atoms with E-state index >= 15 is 0 Å². The molecule has 2 aromatic rings. The second kappa shape index (κ2) is 6.52. The molecule has 0 aliphatic carbocycles. The molecule has 5 nitrogen and oxygen atoms in total. The van der Waals surface area contributed by atoms with Gasteiger partial charge in [-0.15, -0.1) is 0 Å². The van der Waals surface area contributed by atoms with Crippen molar-refractivity contribution in [3.8, 4) is 5.75 Å². The Hall–Kier alpha value is -2.82. The van der Waals surface area contributed by atoms with Gasteiger partial charge in [-0.2, -0.15) is 0 Å². The Labute approximate surface area is 134 Å². The number of ether oxygens (including phenoxy) is 1. The monoisotopic (exact) mass is 310 g/mol. The van der Waals surface area contributed by atoms with E-state index in [1.54, 1.807) is 23.1 Å². The molecule has 0 saturated carbocycles. The van der Waals surface area contributed by atoms with Crippen LogP contribution in [-0.2, 0) is 9.59 Å². The molecule has 118 valence electrons. The van der Waals surface area contributed by atoms with Gasteiger partial charge in [0, 0.05) is 12.5 Å². The smallest absolute Gasteiger partial charge is 0.265 e. The molecule has 5 heteroatoms. The molecule has 1 atom stereocenters. The minimum Gasteiger partial charge on any atom is -0.484 e. The van der Waals surface area contributed by atoms with Gasteiger partial charge in [-0.25, -0.2) is 0 Å². The van der Waals surface area contributed by atoms with Gasteiger partial charge in [0.1, 0.15) is 5.75 Å². The lowest BCUT2D eigenvalue weighted by Crippen LogP contribution is -2.41. The van der Waals surface area contributed by atoms with Crippen LogP contribution >= 0.6 is 0 Å². The number of nitrogens with one attached hydrogen (secondary N) is 1. The number of fused-ring (bicyclic) bond motifs is 1. The van der Waals surface area contributed by atoms with Crippen LogP contribution in [0.3, 0.4) is 0 Å². The summed E-state index contributed by atoms with van der Waals surface area (Å²) in [6.07, 6.45) is 0.256. The summed E-state index contributed by atoms with van der Waals surface area (Å²) in [6.45, 7) is 1.79. The van der Waals surface area contributed by atoms with Gasteiger partial charge < -0.3 is 15.0 Å². The topological polar surface area (TPSA) is 58.6 Å². The summed E-state index contributed by atoms with van der Waals surface area (Å²) in [6, 6.07) is 16.3. The van der Waals surface area contributed by atoms with Crippen molar-refractivity contribution in [3.05, 3.63) is 54.6 Å². The summed E-state index contributed by atoms with van der Waals surface area (Å²) in [7, 11) is 0. The number of carbonyl (C=O) groups excluding carboxylic acids is 2. The quantitative estimate of drug-likeness (QED) is 0.948. The summed E-state index contributed by atoms with van der Waals surface area (Å²) in [5, 5.41) is 2.84. The van der Waals surface area contributed by atoms with E-state index in [4.69, 9.17) is 4.74 Å². The number of hydrogen-bond donors (Lipinski definition) is 1. The van der Waals surface area contributed by atoms with E-state index < -0.39 is 0 Å². The van der Waals surface area contributed by atoms with Crippen molar-refractivity contribution in [3.63, 3.8) is 0 Å². The van der Waals surface area contributed by atoms with Gasteiger partial charge >= 0.3 is 0 Å². The van der Waals surface area contributed by atoms with Crippen molar-refractivity contribution in [2.45, 2.75) is 19.4 Å². The third-order valence-electron chi connectivity index (χ3n) is 3.73. The van der Waals surface area contributed by atoms with E-state index in [0.29, 0.717) is 17.1 Å². The predicted molar refractivity (Wildman–Crippen MR) is 88.6 cm³/mol. The fourth-order valence-corrected chi connectivity index (χ4v) is 2.70.